The van der Waals surface area contributed by atoms with Crippen molar-refractivity contribution < 1.29 is 4.74 Å². The quantitative estimate of drug-likeness (QED) is 0.381. The number of ether oxygens (including phenoxy) is 1. The van der Waals surface area contributed by atoms with Crippen LogP contribution in [0.3, 0.4) is 0 Å². The SMILES string of the molecule is CCNC(=NCc1ccc(COC)cc1)NCC1CCCS1.I. The molecule has 1 aromatic carbocycles. The van der Waals surface area contributed by atoms with Crippen LogP contribution in [0.1, 0.15) is 30.9 Å². The van der Waals surface area contributed by atoms with E-state index in [4.69, 9.17) is 4.74 Å². The Kier molecular flexibility index (Phi) is 10.7. The number of hydrogen-bond donors (Lipinski definition) is 2. The molecule has 0 radical (unpaired) electrons. The third-order valence-corrected chi connectivity index (χ3v) is 5.02. The van der Waals surface area contributed by atoms with E-state index < -0.39 is 0 Å². The zero-order chi connectivity index (χ0) is 15.6. The molecule has 0 aromatic heterocycles. The Labute approximate surface area is 161 Å². The van der Waals surface area contributed by atoms with Gasteiger partial charge in [0.05, 0.1) is 13.2 Å². The predicted molar refractivity (Wildman–Crippen MR) is 111 cm³/mol. The van der Waals surface area contributed by atoms with Crippen molar-refractivity contribution in [3.63, 3.8) is 0 Å². The number of hydrogen-bond acceptors (Lipinski definition) is 3. The molecule has 2 rings (SSSR count). The third kappa shape index (κ3) is 7.76. The van der Waals surface area contributed by atoms with Crippen LogP contribution in [0.4, 0.5) is 0 Å². The Morgan fingerprint density at radius 1 is 1.26 bits per heavy atom. The molecule has 0 aliphatic carbocycles. The maximum atomic E-state index is 5.13. The molecule has 2 N–H and O–H groups in total. The minimum Gasteiger partial charge on any atom is -0.380 e. The smallest absolute Gasteiger partial charge is 0.191 e. The van der Waals surface area contributed by atoms with Gasteiger partial charge < -0.3 is 15.4 Å². The zero-order valence-electron chi connectivity index (χ0n) is 14.0. The highest BCUT2D eigenvalue weighted by atomic mass is 127. The first kappa shape index (κ1) is 20.6. The molecule has 1 aromatic rings. The standard InChI is InChI=1S/C17H27N3OS.HI/c1-3-18-17(20-12-16-5-4-10-22-16)19-11-14-6-8-15(9-7-14)13-21-2;/h6-9,16H,3-5,10-13H2,1-2H3,(H2,18,19,20);1H. The van der Waals surface area contributed by atoms with Crippen molar-refractivity contribution in [2.75, 3.05) is 26.0 Å². The first-order valence-corrected chi connectivity index (χ1v) is 9.07. The summed E-state index contributed by atoms with van der Waals surface area (Å²) in [7, 11) is 1.72. The van der Waals surface area contributed by atoms with Gasteiger partial charge in [-0.1, -0.05) is 24.3 Å². The molecule has 130 valence electrons. The van der Waals surface area contributed by atoms with E-state index in [0.717, 1.165) is 24.3 Å². The lowest BCUT2D eigenvalue weighted by molar-refractivity contribution is 0.185. The van der Waals surface area contributed by atoms with Crippen LogP contribution in [0, 0.1) is 0 Å². The fourth-order valence-corrected chi connectivity index (χ4v) is 3.64. The molecule has 23 heavy (non-hydrogen) atoms. The van der Waals surface area contributed by atoms with Crippen molar-refractivity contribution in [3.8, 4) is 0 Å². The second kappa shape index (κ2) is 12.0. The lowest BCUT2D eigenvalue weighted by atomic mass is 10.1. The topological polar surface area (TPSA) is 45.7 Å². The Bertz CT molecular complexity index is 461. The fraction of sp³-hybridized carbons (Fsp3) is 0.588. The van der Waals surface area contributed by atoms with E-state index in [1.807, 2.05) is 0 Å². The Morgan fingerprint density at radius 3 is 2.61 bits per heavy atom. The molecule has 1 aliphatic heterocycles. The number of thioether (sulfide) groups is 1. The Morgan fingerprint density at radius 2 is 2.00 bits per heavy atom. The monoisotopic (exact) mass is 449 g/mol. The van der Waals surface area contributed by atoms with Crippen LogP contribution in [0.15, 0.2) is 29.3 Å². The highest BCUT2D eigenvalue weighted by Crippen LogP contribution is 2.25. The second-order valence-electron chi connectivity index (χ2n) is 5.46. The summed E-state index contributed by atoms with van der Waals surface area (Å²) in [6.07, 6.45) is 2.66. The first-order valence-electron chi connectivity index (χ1n) is 8.02. The average molecular weight is 449 g/mol. The van der Waals surface area contributed by atoms with Crippen molar-refractivity contribution in [2.45, 2.75) is 38.2 Å². The minimum atomic E-state index is 0. The maximum absolute atomic E-state index is 5.13. The van der Waals surface area contributed by atoms with Gasteiger partial charge in [0, 0.05) is 25.4 Å². The van der Waals surface area contributed by atoms with Crippen LogP contribution < -0.4 is 10.6 Å². The van der Waals surface area contributed by atoms with E-state index in [-0.39, 0.29) is 24.0 Å². The number of rotatable bonds is 7. The lowest BCUT2D eigenvalue weighted by Crippen LogP contribution is -2.40. The average Bonchev–Trinajstić information content (AvgIpc) is 3.05. The van der Waals surface area contributed by atoms with Gasteiger partial charge in [-0.3, -0.25) is 0 Å². The van der Waals surface area contributed by atoms with E-state index in [1.165, 1.54) is 29.7 Å². The summed E-state index contributed by atoms with van der Waals surface area (Å²) < 4.78 is 5.13. The summed E-state index contributed by atoms with van der Waals surface area (Å²) in [5.74, 6) is 2.21. The van der Waals surface area contributed by atoms with E-state index >= 15 is 0 Å². The van der Waals surface area contributed by atoms with Crippen molar-refractivity contribution in [1.29, 1.82) is 0 Å². The number of benzene rings is 1. The van der Waals surface area contributed by atoms with Gasteiger partial charge in [-0.2, -0.15) is 11.8 Å². The summed E-state index contributed by atoms with van der Waals surface area (Å²) in [5.41, 5.74) is 2.41. The fourth-order valence-electron chi connectivity index (χ4n) is 2.44. The highest BCUT2D eigenvalue weighted by molar-refractivity contribution is 14.0. The summed E-state index contributed by atoms with van der Waals surface area (Å²) in [6.45, 7) is 5.34. The molecule has 4 nitrogen and oxygen atoms in total. The lowest BCUT2D eigenvalue weighted by Gasteiger charge is -2.14. The van der Waals surface area contributed by atoms with Crippen LogP contribution in [0.2, 0.25) is 0 Å². The van der Waals surface area contributed by atoms with Crippen molar-refractivity contribution >= 4 is 41.7 Å². The van der Waals surface area contributed by atoms with Crippen LogP contribution >= 0.6 is 35.7 Å². The van der Waals surface area contributed by atoms with Gasteiger partial charge in [0.15, 0.2) is 5.96 Å². The van der Waals surface area contributed by atoms with Crippen LogP contribution in [-0.4, -0.2) is 37.2 Å². The van der Waals surface area contributed by atoms with Crippen LogP contribution in [0.25, 0.3) is 0 Å². The van der Waals surface area contributed by atoms with Gasteiger partial charge >= 0.3 is 0 Å². The molecule has 1 heterocycles. The molecule has 1 unspecified atom stereocenters. The largest absolute Gasteiger partial charge is 0.380 e. The molecule has 0 spiro atoms. The molecule has 1 saturated heterocycles. The molecule has 0 bridgehead atoms. The predicted octanol–water partition coefficient (Wildman–Crippen LogP) is 3.40. The van der Waals surface area contributed by atoms with Gasteiger partial charge in [-0.05, 0) is 36.6 Å². The van der Waals surface area contributed by atoms with Crippen molar-refractivity contribution in [2.24, 2.45) is 4.99 Å². The molecular weight excluding hydrogens is 421 g/mol. The number of aliphatic imine (C=N–C) groups is 1. The highest BCUT2D eigenvalue weighted by Gasteiger charge is 2.15. The number of halogens is 1. The second-order valence-corrected chi connectivity index (χ2v) is 6.87. The van der Waals surface area contributed by atoms with Crippen molar-refractivity contribution in [1.82, 2.24) is 10.6 Å². The number of guanidine groups is 1. The summed E-state index contributed by atoms with van der Waals surface area (Å²) in [4.78, 5) is 4.67. The number of nitrogens with zero attached hydrogens (tertiary/aromatic N) is 1. The van der Waals surface area contributed by atoms with Gasteiger partial charge in [0.25, 0.3) is 0 Å². The van der Waals surface area contributed by atoms with Gasteiger partial charge in [0.2, 0.25) is 0 Å². The van der Waals surface area contributed by atoms with Gasteiger partial charge in [-0.25, -0.2) is 4.99 Å². The van der Waals surface area contributed by atoms with E-state index in [0.29, 0.717) is 13.2 Å². The Hall–Kier alpha value is -0.470. The van der Waals surface area contributed by atoms with E-state index in [2.05, 4.69) is 58.6 Å². The third-order valence-electron chi connectivity index (χ3n) is 3.62. The van der Waals surface area contributed by atoms with Gasteiger partial charge in [0.1, 0.15) is 0 Å². The molecule has 1 aliphatic rings. The summed E-state index contributed by atoms with van der Waals surface area (Å²) in [5, 5.41) is 7.51. The van der Waals surface area contributed by atoms with Crippen molar-refractivity contribution in [3.05, 3.63) is 35.4 Å². The van der Waals surface area contributed by atoms with E-state index in [1.54, 1.807) is 7.11 Å². The molecule has 1 atom stereocenters. The maximum Gasteiger partial charge on any atom is 0.191 e. The summed E-state index contributed by atoms with van der Waals surface area (Å²) in [6, 6.07) is 8.44. The molecule has 1 fully saturated rings. The number of nitrogens with one attached hydrogen (secondary N) is 2. The molecule has 6 heteroatoms. The molecule has 0 saturated carbocycles. The first-order chi connectivity index (χ1) is 10.8. The molecule has 0 amide bonds. The zero-order valence-corrected chi connectivity index (χ0v) is 17.2. The molecular formula is C17H28IN3OS. The minimum absolute atomic E-state index is 0. The van der Waals surface area contributed by atoms with Crippen LogP contribution in [-0.2, 0) is 17.9 Å². The number of methoxy groups -OCH3 is 1. The van der Waals surface area contributed by atoms with Crippen LogP contribution in [0.5, 0.6) is 0 Å². The summed E-state index contributed by atoms with van der Waals surface area (Å²) >= 11 is 2.07. The van der Waals surface area contributed by atoms with E-state index in [9.17, 15) is 0 Å². The normalized spacial score (nSPS) is 17.7. The van der Waals surface area contributed by atoms with Gasteiger partial charge in [-0.15, -0.1) is 24.0 Å². The Balaban J connectivity index is 0.00000264.